The van der Waals surface area contributed by atoms with Crippen molar-refractivity contribution < 1.29 is 0 Å². The van der Waals surface area contributed by atoms with Crippen molar-refractivity contribution in [2.45, 2.75) is 32.2 Å². The number of hydrogen-bond acceptors (Lipinski definition) is 4. The summed E-state index contributed by atoms with van der Waals surface area (Å²) < 4.78 is 0. The van der Waals surface area contributed by atoms with Crippen LogP contribution in [0.3, 0.4) is 0 Å². The summed E-state index contributed by atoms with van der Waals surface area (Å²) in [4.78, 5) is 6.97. The fraction of sp³-hybridized carbons (Fsp3) is 0.471. The molecule has 0 aliphatic carbocycles. The molecular formula is C17H23N3S. The van der Waals surface area contributed by atoms with Gasteiger partial charge in [0.1, 0.15) is 0 Å². The number of rotatable bonds is 3. The number of nitrogens with zero attached hydrogens (tertiary/aromatic N) is 2. The van der Waals surface area contributed by atoms with Crippen LogP contribution in [0, 0.1) is 6.92 Å². The average Bonchev–Trinajstić information content (AvgIpc) is 2.81. The number of likely N-dealkylation sites (tertiary alicyclic amines) is 1. The number of thiazole rings is 1. The van der Waals surface area contributed by atoms with Crippen LogP contribution < -0.4 is 5.32 Å². The third-order valence-corrected chi connectivity index (χ3v) is 4.90. The van der Waals surface area contributed by atoms with E-state index < -0.39 is 0 Å². The van der Waals surface area contributed by atoms with Gasteiger partial charge < -0.3 is 10.2 Å². The van der Waals surface area contributed by atoms with Crippen LogP contribution in [0.1, 0.15) is 24.3 Å². The van der Waals surface area contributed by atoms with Gasteiger partial charge in [0.15, 0.2) is 0 Å². The molecular weight excluding hydrogens is 278 g/mol. The maximum atomic E-state index is 4.54. The Kier molecular flexibility index (Phi) is 4.56. The van der Waals surface area contributed by atoms with Gasteiger partial charge in [-0.1, -0.05) is 12.1 Å². The van der Waals surface area contributed by atoms with Crippen molar-refractivity contribution >= 4 is 17.0 Å². The van der Waals surface area contributed by atoms with E-state index in [1.807, 2.05) is 6.92 Å². The minimum absolute atomic E-state index is 0.599. The molecule has 112 valence electrons. The zero-order valence-electron chi connectivity index (χ0n) is 12.8. The van der Waals surface area contributed by atoms with Crippen molar-refractivity contribution in [1.82, 2.24) is 9.88 Å². The SMILES string of the molecule is Cc1nc(-c2ccc(NC3CCCN(C)CC3)cc2)cs1. The van der Waals surface area contributed by atoms with Gasteiger partial charge in [0, 0.05) is 22.7 Å². The molecule has 2 heterocycles. The molecule has 0 amide bonds. The molecule has 1 aromatic carbocycles. The summed E-state index contributed by atoms with van der Waals surface area (Å²) in [6.45, 7) is 4.46. The predicted molar refractivity (Wildman–Crippen MR) is 91.0 cm³/mol. The Hall–Kier alpha value is -1.39. The highest BCUT2D eigenvalue weighted by Gasteiger charge is 2.14. The Morgan fingerprint density at radius 2 is 2.00 bits per heavy atom. The van der Waals surface area contributed by atoms with Crippen molar-refractivity contribution in [3.8, 4) is 11.3 Å². The summed E-state index contributed by atoms with van der Waals surface area (Å²) in [5.74, 6) is 0. The molecule has 2 aromatic rings. The molecule has 0 radical (unpaired) electrons. The molecule has 3 rings (SSSR count). The lowest BCUT2D eigenvalue weighted by molar-refractivity contribution is 0.348. The first-order valence-electron chi connectivity index (χ1n) is 7.68. The Balaban J connectivity index is 1.64. The van der Waals surface area contributed by atoms with Crippen molar-refractivity contribution in [1.29, 1.82) is 0 Å². The van der Waals surface area contributed by atoms with E-state index in [1.165, 1.54) is 43.6 Å². The van der Waals surface area contributed by atoms with Crippen molar-refractivity contribution in [2.24, 2.45) is 0 Å². The lowest BCUT2D eigenvalue weighted by Gasteiger charge is -2.18. The van der Waals surface area contributed by atoms with Gasteiger partial charge >= 0.3 is 0 Å². The molecule has 1 saturated heterocycles. The van der Waals surface area contributed by atoms with E-state index in [1.54, 1.807) is 11.3 Å². The minimum Gasteiger partial charge on any atom is -0.382 e. The first-order chi connectivity index (χ1) is 10.2. The number of aromatic nitrogens is 1. The van der Waals surface area contributed by atoms with Crippen LogP contribution in [-0.2, 0) is 0 Å². The summed E-state index contributed by atoms with van der Waals surface area (Å²) in [6, 6.07) is 9.29. The fourth-order valence-electron chi connectivity index (χ4n) is 2.85. The Morgan fingerprint density at radius 1 is 1.19 bits per heavy atom. The molecule has 0 bridgehead atoms. The number of hydrogen-bond donors (Lipinski definition) is 1. The van der Waals surface area contributed by atoms with E-state index >= 15 is 0 Å². The molecule has 1 atom stereocenters. The highest BCUT2D eigenvalue weighted by molar-refractivity contribution is 7.09. The fourth-order valence-corrected chi connectivity index (χ4v) is 3.48. The Bertz CT molecular complexity index is 576. The van der Waals surface area contributed by atoms with Gasteiger partial charge in [-0.3, -0.25) is 0 Å². The molecule has 3 nitrogen and oxygen atoms in total. The Morgan fingerprint density at radius 3 is 2.71 bits per heavy atom. The molecule has 1 fully saturated rings. The molecule has 1 unspecified atom stereocenters. The van der Waals surface area contributed by atoms with Gasteiger partial charge in [-0.15, -0.1) is 11.3 Å². The normalized spacial score (nSPS) is 20.2. The maximum Gasteiger partial charge on any atom is 0.0901 e. The van der Waals surface area contributed by atoms with Crippen LogP contribution in [-0.4, -0.2) is 36.1 Å². The zero-order valence-corrected chi connectivity index (χ0v) is 13.6. The highest BCUT2D eigenvalue weighted by Crippen LogP contribution is 2.24. The summed E-state index contributed by atoms with van der Waals surface area (Å²) in [5.41, 5.74) is 3.51. The molecule has 4 heteroatoms. The highest BCUT2D eigenvalue weighted by atomic mass is 32.1. The second-order valence-corrected chi connectivity index (χ2v) is 6.97. The van der Waals surface area contributed by atoms with Gasteiger partial charge in [0.25, 0.3) is 0 Å². The van der Waals surface area contributed by atoms with Gasteiger partial charge in [-0.05, 0) is 58.5 Å². The zero-order chi connectivity index (χ0) is 14.7. The number of aryl methyl sites for hydroxylation is 1. The van der Waals surface area contributed by atoms with Gasteiger partial charge in [-0.2, -0.15) is 0 Å². The number of nitrogens with one attached hydrogen (secondary N) is 1. The lowest BCUT2D eigenvalue weighted by Crippen LogP contribution is -2.22. The summed E-state index contributed by atoms with van der Waals surface area (Å²) >= 11 is 1.70. The first kappa shape index (κ1) is 14.5. The second-order valence-electron chi connectivity index (χ2n) is 5.90. The smallest absolute Gasteiger partial charge is 0.0901 e. The third kappa shape index (κ3) is 3.83. The lowest BCUT2D eigenvalue weighted by atomic mass is 10.1. The van der Waals surface area contributed by atoms with E-state index in [4.69, 9.17) is 0 Å². The van der Waals surface area contributed by atoms with Crippen LogP contribution in [0.15, 0.2) is 29.6 Å². The molecule has 1 N–H and O–H groups in total. The maximum absolute atomic E-state index is 4.54. The predicted octanol–water partition coefficient (Wildman–Crippen LogP) is 4.01. The van der Waals surface area contributed by atoms with Gasteiger partial charge in [0.05, 0.1) is 10.7 Å². The minimum atomic E-state index is 0.599. The largest absolute Gasteiger partial charge is 0.382 e. The molecule has 1 aliphatic rings. The molecule has 21 heavy (non-hydrogen) atoms. The van der Waals surface area contributed by atoms with Gasteiger partial charge in [-0.25, -0.2) is 4.98 Å². The van der Waals surface area contributed by atoms with Crippen molar-refractivity contribution in [2.75, 3.05) is 25.5 Å². The standard InChI is InChI=1S/C17H23N3S/c1-13-18-17(12-21-13)14-5-7-16(8-6-14)19-15-4-3-10-20(2)11-9-15/h5-8,12,15,19H,3-4,9-11H2,1-2H3. The topological polar surface area (TPSA) is 28.2 Å². The molecule has 1 aliphatic heterocycles. The Labute approximate surface area is 131 Å². The van der Waals surface area contributed by atoms with Gasteiger partial charge in [0.2, 0.25) is 0 Å². The second kappa shape index (κ2) is 6.58. The van der Waals surface area contributed by atoms with E-state index in [-0.39, 0.29) is 0 Å². The first-order valence-corrected chi connectivity index (χ1v) is 8.56. The third-order valence-electron chi connectivity index (χ3n) is 4.12. The van der Waals surface area contributed by atoms with Crippen LogP contribution in [0.5, 0.6) is 0 Å². The van der Waals surface area contributed by atoms with Crippen molar-refractivity contribution in [3.63, 3.8) is 0 Å². The van der Waals surface area contributed by atoms with E-state index in [2.05, 4.69) is 51.9 Å². The molecule has 0 saturated carbocycles. The van der Waals surface area contributed by atoms with Crippen LogP contribution >= 0.6 is 11.3 Å². The number of benzene rings is 1. The quantitative estimate of drug-likeness (QED) is 0.928. The van der Waals surface area contributed by atoms with Crippen LogP contribution in [0.4, 0.5) is 5.69 Å². The monoisotopic (exact) mass is 301 g/mol. The van der Waals surface area contributed by atoms with E-state index in [9.17, 15) is 0 Å². The number of anilines is 1. The molecule has 1 aromatic heterocycles. The van der Waals surface area contributed by atoms with E-state index in [0.717, 1.165) is 10.7 Å². The summed E-state index contributed by atoms with van der Waals surface area (Å²) in [5, 5.41) is 6.92. The van der Waals surface area contributed by atoms with Crippen molar-refractivity contribution in [3.05, 3.63) is 34.7 Å². The summed E-state index contributed by atoms with van der Waals surface area (Å²) in [7, 11) is 2.22. The van der Waals surface area contributed by atoms with E-state index in [0.29, 0.717) is 6.04 Å². The average molecular weight is 301 g/mol. The van der Waals surface area contributed by atoms with Crippen LogP contribution in [0.25, 0.3) is 11.3 Å². The summed E-state index contributed by atoms with van der Waals surface area (Å²) in [6.07, 6.45) is 3.77. The van der Waals surface area contributed by atoms with Crippen LogP contribution in [0.2, 0.25) is 0 Å². The molecule has 0 spiro atoms.